The Morgan fingerprint density at radius 2 is 1.83 bits per heavy atom. The molecule has 0 spiro atoms. The molecule has 0 unspecified atom stereocenters. The predicted octanol–water partition coefficient (Wildman–Crippen LogP) is 1.88. The summed E-state index contributed by atoms with van der Waals surface area (Å²) in [5, 5.41) is 2.75. The number of nitrogens with one attached hydrogen (secondary N) is 1. The minimum atomic E-state index is -0.328. The van der Waals surface area contributed by atoms with E-state index in [-0.39, 0.29) is 36.6 Å². The number of methoxy groups -OCH3 is 2. The van der Waals surface area contributed by atoms with Gasteiger partial charge in [-0.1, -0.05) is 18.2 Å². The summed E-state index contributed by atoms with van der Waals surface area (Å²) in [6.07, 6.45) is 2.65. The van der Waals surface area contributed by atoms with Gasteiger partial charge in [0.1, 0.15) is 12.0 Å². The lowest BCUT2D eigenvalue weighted by atomic mass is 10.3. The highest BCUT2D eigenvalue weighted by atomic mass is 16.5. The van der Waals surface area contributed by atoms with Crippen molar-refractivity contribution in [2.24, 2.45) is 0 Å². The van der Waals surface area contributed by atoms with E-state index in [0.29, 0.717) is 44.9 Å². The molecule has 1 N–H and O–H groups in total. The number of hydrogen-bond donors (Lipinski definition) is 1. The van der Waals surface area contributed by atoms with Crippen LogP contribution in [0.3, 0.4) is 0 Å². The fourth-order valence-electron chi connectivity index (χ4n) is 2.60. The Bertz CT molecular complexity index is 765. The molecule has 0 aliphatic heterocycles. The van der Waals surface area contributed by atoms with E-state index in [0.717, 1.165) is 0 Å². The first-order chi connectivity index (χ1) is 14.6. The SMILES string of the molecule is COCCCNC(=O)c1coc(CN(CCCOC)C(=O)COc2ccccc2)n1. The molecule has 9 heteroatoms. The average Bonchev–Trinajstić information content (AvgIpc) is 3.24. The summed E-state index contributed by atoms with van der Waals surface area (Å²) in [5.74, 6) is 0.360. The van der Waals surface area contributed by atoms with Gasteiger partial charge in [-0.05, 0) is 25.0 Å². The molecule has 164 valence electrons. The van der Waals surface area contributed by atoms with Crippen molar-refractivity contribution in [1.82, 2.24) is 15.2 Å². The molecule has 1 aromatic heterocycles. The van der Waals surface area contributed by atoms with Gasteiger partial charge < -0.3 is 28.8 Å². The predicted molar refractivity (Wildman–Crippen MR) is 109 cm³/mol. The molecule has 2 rings (SSSR count). The second-order valence-electron chi connectivity index (χ2n) is 6.49. The number of rotatable bonds is 14. The topological polar surface area (TPSA) is 103 Å². The van der Waals surface area contributed by atoms with Gasteiger partial charge in [-0.2, -0.15) is 0 Å². The highest BCUT2D eigenvalue weighted by Gasteiger charge is 2.19. The van der Waals surface area contributed by atoms with Crippen molar-refractivity contribution < 1.29 is 28.2 Å². The van der Waals surface area contributed by atoms with Crippen molar-refractivity contribution in [3.05, 3.63) is 48.2 Å². The van der Waals surface area contributed by atoms with Crippen LogP contribution in [0, 0.1) is 0 Å². The molecule has 9 nitrogen and oxygen atoms in total. The van der Waals surface area contributed by atoms with Crippen LogP contribution in [0.2, 0.25) is 0 Å². The first kappa shape index (κ1) is 23.4. The van der Waals surface area contributed by atoms with Crippen LogP contribution in [-0.4, -0.2) is 68.8 Å². The van der Waals surface area contributed by atoms with Crippen molar-refractivity contribution in [3.63, 3.8) is 0 Å². The second-order valence-corrected chi connectivity index (χ2v) is 6.49. The van der Waals surface area contributed by atoms with Gasteiger partial charge in [-0.3, -0.25) is 9.59 Å². The minimum Gasteiger partial charge on any atom is -0.484 e. The van der Waals surface area contributed by atoms with Crippen molar-refractivity contribution in [2.75, 3.05) is 47.1 Å². The maximum Gasteiger partial charge on any atom is 0.273 e. The van der Waals surface area contributed by atoms with Crippen molar-refractivity contribution >= 4 is 11.8 Å². The average molecular weight is 419 g/mol. The molecule has 0 aliphatic carbocycles. The van der Waals surface area contributed by atoms with Crippen LogP contribution in [0.5, 0.6) is 5.75 Å². The number of aromatic nitrogens is 1. The summed E-state index contributed by atoms with van der Waals surface area (Å²) in [6, 6.07) is 9.12. The number of amides is 2. The normalized spacial score (nSPS) is 10.6. The summed E-state index contributed by atoms with van der Waals surface area (Å²) in [4.78, 5) is 30.6. The number of ether oxygens (including phenoxy) is 3. The van der Waals surface area contributed by atoms with Crippen LogP contribution < -0.4 is 10.1 Å². The monoisotopic (exact) mass is 419 g/mol. The standard InChI is InChI=1S/C21H29N3O6/c1-27-12-6-10-22-21(26)18-15-30-19(23-18)14-24(11-7-13-28-2)20(25)16-29-17-8-4-3-5-9-17/h3-5,8-9,15H,6-7,10-14,16H2,1-2H3,(H,22,26). The molecule has 1 aromatic carbocycles. The lowest BCUT2D eigenvalue weighted by Gasteiger charge is -2.21. The van der Waals surface area contributed by atoms with E-state index in [2.05, 4.69) is 10.3 Å². The van der Waals surface area contributed by atoms with Gasteiger partial charge in [0.15, 0.2) is 12.3 Å². The first-order valence-corrected chi connectivity index (χ1v) is 9.80. The van der Waals surface area contributed by atoms with E-state index in [1.165, 1.54) is 6.26 Å². The molecular formula is C21H29N3O6. The van der Waals surface area contributed by atoms with E-state index in [4.69, 9.17) is 18.6 Å². The van der Waals surface area contributed by atoms with Gasteiger partial charge in [0, 0.05) is 40.5 Å². The number of hydrogen-bond acceptors (Lipinski definition) is 7. The molecule has 2 amide bonds. The smallest absolute Gasteiger partial charge is 0.273 e. The van der Waals surface area contributed by atoms with Gasteiger partial charge >= 0.3 is 0 Å². The van der Waals surface area contributed by atoms with E-state index in [9.17, 15) is 9.59 Å². The first-order valence-electron chi connectivity index (χ1n) is 9.80. The highest BCUT2D eigenvalue weighted by molar-refractivity contribution is 5.91. The zero-order chi connectivity index (χ0) is 21.6. The zero-order valence-corrected chi connectivity index (χ0v) is 17.5. The Morgan fingerprint density at radius 3 is 2.57 bits per heavy atom. The molecule has 0 fully saturated rings. The Hall–Kier alpha value is -2.91. The largest absolute Gasteiger partial charge is 0.484 e. The van der Waals surface area contributed by atoms with Crippen LogP contribution >= 0.6 is 0 Å². The number of carbonyl (C=O) groups excluding carboxylic acids is 2. The van der Waals surface area contributed by atoms with Gasteiger partial charge in [0.2, 0.25) is 5.89 Å². The van der Waals surface area contributed by atoms with Crippen LogP contribution in [0.25, 0.3) is 0 Å². The molecule has 0 aliphatic rings. The molecule has 0 saturated heterocycles. The lowest BCUT2D eigenvalue weighted by Crippen LogP contribution is -2.36. The van der Waals surface area contributed by atoms with E-state index < -0.39 is 0 Å². The van der Waals surface area contributed by atoms with Crippen molar-refractivity contribution in [3.8, 4) is 5.75 Å². The van der Waals surface area contributed by atoms with E-state index in [1.54, 1.807) is 31.3 Å². The minimum absolute atomic E-state index is 0.107. The summed E-state index contributed by atoms with van der Waals surface area (Å²) in [5.41, 5.74) is 0.173. The van der Waals surface area contributed by atoms with Gasteiger partial charge in [0.05, 0.1) is 6.54 Å². The fourth-order valence-corrected chi connectivity index (χ4v) is 2.60. The third-order valence-corrected chi connectivity index (χ3v) is 4.16. The molecule has 0 radical (unpaired) electrons. The molecule has 2 aromatic rings. The molecule has 0 atom stereocenters. The number of para-hydroxylation sites is 1. The lowest BCUT2D eigenvalue weighted by molar-refractivity contribution is -0.134. The maximum absolute atomic E-state index is 12.7. The van der Waals surface area contributed by atoms with Crippen LogP contribution in [-0.2, 0) is 20.8 Å². The number of nitrogens with zero attached hydrogens (tertiary/aromatic N) is 2. The van der Waals surface area contributed by atoms with Gasteiger partial charge in [0.25, 0.3) is 11.8 Å². The second kappa shape index (κ2) is 13.3. The summed E-state index contributed by atoms with van der Waals surface area (Å²) in [6.45, 7) is 2.04. The number of oxazole rings is 1. The van der Waals surface area contributed by atoms with Crippen molar-refractivity contribution in [1.29, 1.82) is 0 Å². The Labute approximate surface area is 176 Å². The van der Waals surface area contributed by atoms with E-state index in [1.807, 2.05) is 18.2 Å². The number of carbonyl (C=O) groups is 2. The van der Waals surface area contributed by atoms with Gasteiger partial charge in [-0.15, -0.1) is 0 Å². The highest BCUT2D eigenvalue weighted by Crippen LogP contribution is 2.11. The molecule has 0 bridgehead atoms. The Balaban J connectivity index is 1.92. The van der Waals surface area contributed by atoms with Crippen LogP contribution in [0.4, 0.5) is 0 Å². The summed E-state index contributed by atoms with van der Waals surface area (Å²) >= 11 is 0. The third-order valence-electron chi connectivity index (χ3n) is 4.16. The molecule has 1 heterocycles. The maximum atomic E-state index is 12.7. The number of benzene rings is 1. The summed E-state index contributed by atoms with van der Waals surface area (Å²) in [7, 11) is 3.21. The molecular weight excluding hydrogens is 390 g/mol. The quantitative estimate of drug-likeness (QED) is 0.466. The van der Waals surface area contributed by atoms with E-state index >= 15 is 0 Å². The Morgan fingerprint density at radius 1 is 1.10 bits per heavy atom. The van der Waals surface area contributed by atoms with Crippen LogP contribution in [0.15, 0.2) is 41.0 Å². The van der Waals surface area contributed by atoms with Gasteiger partial charge in [-0.25, -0.2) is 4.98 Å². The van der Waals surface area contributed by atoms with Crippen molar-refractivity contribution in [2.45, 2.75) is 19.4 Å². The summed E-state index contributed by atoms with van der Waals surface area (Å²) < 4.78 is 21.0. The zero-order valence-electron chi connectivity index (χ0n) is 17.5. The molecule has 30 heavy (non-hydrogen) atoms. The molecule has 0 saturated carbocycles. The third kappa shape index (κ3) is 8.22. The fraction of sp³-hybridized carbons (Fsp3) is 0.476. The van der Waals surface area contributed by atoms with Crippen LogP contribution in [0.1, 0.15) is 29.2 Å². The Kier molecular flexibility index (Phi) is 10.4.